The molecule has 200 valence electrons. The largest absolute Gasteiger partial charge is 0.462 e. The van der Waals surface area contributed by atoms with Crippen molar-refractivity contribution in [3.8, 4) is 6.07 Å². The molecule has 36 heavy (non-hydrogen) atoms. The molecule has 3 aliphatic rings. The second-order valence-corrected chi connectivity index (χ2v) is 12.7. The molecule has 3 aliphatic carbocycles. The van der Waals surface area contributed by atoms with Crippen molar-refractivity contribution >= 4 is 5.97 Å². The molecule has 5 atom stereocenters. The third-order valence-corrected chi connectivity index (χ3v) is 9.31. The Morgan fingerprint density at radius 2 is 2.06 bits per heavy atom. The van der Waals surface area contributed by atoms with Crippen LogP contribution in [-0.2, 0) is 9.53 Å². The van der Waals surface area contributed by atoms with Gasteiger partial charge in [0.2, 0.25) is 0 Å². The highest BCUT2D eigenvalue weighted by Crippen LogP contribution is 2.60. The van der Waals surface area contributed by atoms with Crippen LogP contribution in [0.4, 0.5) is 0 Å². The van der Waals surface area contributed by atoms with Crippen molar-refractivity contribution in [2.45, 2.75) is 129 Å². The summed E-state index contributed by atoms with van der Waals surface area (Å²) in [5, 5.41) is 18.8. The van der Waals surface area contributed by atoms with Gasteiger partial charge in [0.1, 0.15) is 6.10 Å². The predicted molar refractivity (Wildman–Crippen MR) is 146 cm³/mol. The van der Waals surface area contributed by atoms with Crippen molar-refractivity contribution in [2.75, 3.05) is 0 Å². The summed E-state index contributed by atoms with van der Waals surface area (Å²) < 4.78 is 5.72. The molecule has 0 bridgehead atoms. The van der Waals surface area contributed by atoms with Crippen LogP contribution in [0.2, 0.25) is 0 Å². The van der Waals surface area contributed by atoms with E-state index in [0.29, 0.717) is 36.5 Å². The zero-order chi connectivity index (χ0) is 26.3. The number of aliphatic hydroxyl groups is 1. The Balaban J connectivity index is 1.63. The van der Waals surface area contributed by atoms with Crippen molar-refractivity contribution < 1.29 is 14.6 Å². The van der Waals surface area contributed by atoms with E-state index in [1.165, 1.54) is 49.7 Å². The van der Waals surface area contributed by atoms with Crippen LogP contribution in [0.3, 0.4) is 0 Å². The minimum atomic E-state index is -0.562. The number of nitriles is 1. The average Bonchev–Trinajstić information content (AvgIpc) is 3.16. The van der Waals surface area contributed by atoms with Gasteiger partial charge in [-0.2, -0.15) is 5.26 Å². The fourth-order valence-electron chi connectivity index (χ4n) is 7.31. The van der Waals surface area contributed by atoms with E-state index in [1.807, 2.05) is 13.8 Å². The molecule has 0 saturated heterocycles. The first kappa shape index (κ1) is 28.7. The molecular formula is C32H49NO3. The van der Waals surface area contributed by atoms with Crippen LogP contribution >= 0.6 is 0 Å². The summed E-state index contributed by atoms with van der Waals surface area (Å²) in [6.07, 6.45) is 17.9. The number of fused-ring (bicyclic) bond motifs is 1. The predicted octanol–water partition coefficient (Wildman–Crippen LogP) is 7.98. The lowest BCUT2D eigenvalue weighted by molar-refractivity contribution is -0.149. The second kappa shape index (κ2) is 12.6. The zero-order valence-electron chi connectivity index (χ0n) is 23.3. The van der Waals surface area contributed by atoms with E-state index in [1.54, 1.807) is 5.57 Å². The highest BCUT2D eigenvalue weighted by molar-refractivity contribution is 5.69. The maximum atomic E-state index is 12.1. The number of carbonyl (C=O) groups excluding carboxylic acids is 1. The van der Waals surface area contributed by atoms with Crippen molar-refractivity contribution in [3.05, 3.63) is 35.5 Å². The van der Waals surface area contributed by atoms with Gasteiger partial charge in [0.05, 0.1) is 11.7 Å². The maximum absolute atomic E-state index is 12.1. The van der Waals surface area contributed by atoms with Crippen LogP contribution in [0.15, 0.2) is 35.5 Å². The second-order valence-electron chi connectivity index (χ2n) is 12.7. The van der Waals surface area contributed by atoms with Gasteiger partial charge in [-0.3, -0.25) is 4.79 Å². The lowest BCUT2D eigenvalue weighted by atomic mass is 9.60. The molecule has 0 amide bonds. The van der Waals surface area contributed by atoms with Gasteiger partial charge in [0.25, 0.3) is 0 Å². The van der Waals surface area contributed by atoms with Crippen LogP contribution < -0.4 is 0 Å². The highest BCUT2D eigenvalue weighted by Gasteiger charge is 2.50. The van der Waals surface area contributed by atoms with E-state index in [0.717, 1.165) is 38.0 Å². The number of esters is 1. The molecule has 3 saturated carbocycles. The lowest BCUT2D eigenvalue weighted by Gasteiger charge is -2.44. The summed E-state index contributed by atoms with van der Waals surface area (Å²) in [6.45, 7) is 13.1. The molecule has 0 aromatic rings. The van der Waals surface area contributed by atoms with Crippen molar-refractivity contribution in [1.82, 2.24) is 0 Å². The zero-order valence-corrected chi connectivity index (χ0v) is 23.3. The topological polar surface area (TPSA) is 70.3 Å². The van der Waals surface area contributed by atoms with Gasteiger partial charge in [-0.25, -0.2) is 0 Å². The summed E-state index contributed by atoms with van der Waals surface area (Å²) in [7, 11) is 0. The third kappa shape index (κ3) is 7.58. The van der Waals surface area contributed by atoms with Gasteiger partial charge in [-0.05, 0) is 100 Å². The highest BCUT2D eigenvalue weighted by atomic mass is 16.5. The van der Waals surface area contributed by atoms with Crippen molar-refractivity contribution in [3.63, 3.8) is 0 Å². The minimum Gasteiger partial charge on any atom is -0.462 e. The number of allylic oxidation sites excluding steroid dienone is 4. The summed E-state index contributed by atoms with van der Waals surface area (Å²) >= 11 is 0. The molecule has 0 aromatic heterocycles. The Morgan fingerprint density at radius 3 is 2.78 bits per heavy atom. The van der Waals surface area contributed by atoms with Gasteiger partial charge in [-0.1, -0.05) is 56.6 Å². The van der Waals surface area contributed by atoms with Gasteiger partial charge < -0.3 is 9.84 Å². The van der Waals surface area contributed by atoms with E-state index in [2.05, 4.69) is 38.6 Å². The first-order valence-electron chi connectivity index (χ1n) is 14.4. The average molecular weight is 496 g/mol. The molecule has 0 spiro atoms. The number of ether oxygens (including phenoxy) is 1. The maximum Gasteiger partial charge on any atom is 0.306 e. The Bertz CT molecular complexity index is 886. The summed E-state index contributed by atoms with van der Waals surface area (Å²) in [6, 6.07) is 2.08. The fourth-order valence-corrected chi connectivity index (χ4v) is 7.31. The standard InChI is InChI=1S/C32H49NO3/c1-23-13-16-27(36-30(34)12-6-7-21-33)22-26(23)15-14-25-11-9-20-32(5)28(17-18-29(25)32)24(2)10-8-19-31(3,4)35/h14-15,24,27-29,35H,1,6-13,16-20,22H2,2-5H3/b25-14+,26-15-/t24-,27-,28+,29?,32?/m0/s1. The quantitative estimate of drug-likeness (QED) is 0.246. The summed E-state index contributed by atoms with van der Waals surface area (Å²) in [5.41, 5.74) is 3.82. The molecule has 2 unspecified atom stereocenters. The fraction of sp³-hybridized carbons (Fsp3) is 0.750. The molecule has 3 fully saturated rings. The summed E-state index contributed by atoms with van der Waals surface area (Å²) in [4.78, 5) is 12.1. The Hall–Kier alpha value is -1.86. The molecule has 0 aromatic carbocycles. The van der Waals surface area contributed by atoms with E-state index < -0.39 is 5.60 Å². The molecule has 0 heterocycles. The van der Waals surface area contributed by atoms with Gasteiger partial charge in [-0.15, -0.1) is 0 Å². The van der Waals surface area contributed by atoms with E-state index in [4.69, 9.17) is 10.00 Å². The molecule has 0 aliphatic heterocycles. The van der Waals surface area contributed by atoms with Crippen molar-refractivity contribution in [2.24, 2.45) is 23.2 Å². The molecular weight excluding hydrogens is 446 g/mol. The molecule has 1 N–H and O–H groups in total. The van der Waals surface area contributed by atoms with Gasteiger partial charge in [0, 0.05) is 19.3 Å². The Kier molecular flexibility index (Phi) is 10.0. The van der Waals surface area contributed by atoms with Crippen LogP contribution in [0, 0.1) is 34.5 Å². The normalized spacial score (nSPS) is 31.8. The molecule has 4 nitrogen and oxygen atoms in total. The number of carbonyl (C=O) groups is 1. The monoisotopic (exact) mass is 495 g/mol. The SMILES string of the molecule is C=C1CC[C@H](OC(=O)CCCC#N)C/C1=C/C=C1\CCCC2(C)C1CC[C@@H]2[C@@H](C)CCCC(C)(C)O. The van der Waals surface area contributed by atoms with Crippen LogP contribution in [0.25, 0.3) is 0 Å². The number of rotatable bonds is 10. The van der Waals surface area contributed by atoms with Crippen LogP contribution in [0.5, 0.6) is 0 Å². The van der Waals surface area contributed by atoms with Crippen molar-refractivity contribution in [1.29, 1.82) is 5.26 Å². The number of hydrogen-bond acceptors (Lipinski definition) is 4. The smallest absolute Gasteiger partial charge is 0.306 e. The molecule has 0 radical (unpaired) electrons. The van der Waals surface area contributed by atoms with E-state index in [-0.39, 0.29) is 12.1 Å². The van der Waals surface area contributed by atoms with Gasteiger partial charge in [0.15, 0.2) is 0 Å². The third-order valence-electron chi connectivity index (χ3n) is 9.31. The number of nitrogens with zero attached hydrogens (tertiary/aromatic N) is 1. The Labute approximate surface area is 219 Å². The van der Waals surface area contributed by atoms with E-state index in [9.17, 15) is 9.90 Å². The molecule has 3 rings (SSSR count). The van der Waals surface area contributed by atoms with Gasteiger partial charge >= 0.3 is 5.97 Å². The summed E-state index contributed by atoms with van der Waals surface area (Å²) in [5.74, 6) is 1.93. The van der Waals surface area contributed by atoms with Crippen LogP contribution in [-0.4, -0.2) is 22.8 Å². The first-order chi connectivity index (χ1) is 17.0. The lowest BCUT2D eigenvalue weighted by Crippen LogP contribution is -2.36. The Morgan fingerprint density at radius 1 is 1.28 bits per heavy atom. The first-order valence-corrected chi connectivity index (χ1v) is 14.4. The minimum absolute atomic E-state index is 0.0769. The van der Waals surface area contributed by atoms with Crippen LogP contribution in [0.1, 0.15) is 118 Å². The molecule has 4 heteroatoms. The van der Waals surface area contributed by atoms with E-state index >= 15 is 0 Å². The number of hydrogen-bond donors (Lipinski definition) is 1. The number of unbranched alkanes of at least 4 members (excludes halogenated alkanes) is 1.